The first-order chi connectivity index (χ1) is 9.70. The lowest BCUT2D eigenvalue weighted by molar-refractivity contribution is -0.131. The van der Waals surface area contributed by atoms with Crippen LogP contribution in [0.15, 0.2) is 24.3 Å². The molecule has 1 fully saturated rings. The van der Waals surface area contributed by atoms with Crippen LogP contribution in [0.25, 0.3) is 0 Å². The molecule has 2 rings (SSSR count). The quantitative estimate of drug-likeness (QED) is 0.775. The predicted molar refractivity (Wildman–Crippen MR) is 84.4 cm³/mol. The van der Waals surface area contributed by atoms with Crippen LogP contribution >= 0.6 is 11.6 Å². The number of hydrogen-bond donors (Lipinski definition) is 0. The van der Waals surface area contributed by atoms with E-state index in [9.17, 15) is 4.79 Å². The number of unbranched alkanes of at least 4 members (excludes halogenated alkanes) is 2. The minimum absolute atomic E-state index is 0.314. The molecule has 1 aliphatic rings. The molecule has 1 saturated heterocycles. The summed E-state index contributed by atoms with van der Waals surface area (Å²) in [6, 6.07) is 7.92. The van der Waals surface area contributed by atoms with Crippen LogP contribution in [0.1, 0.15) is 32.6 Å². The molecule has 3 nitrogen and oxygen atoms in total. The number of halogens is 1. The third-order valence-electron chi connectivity index (χ3n) is 3.82. The second-order valence-electron chi connectivity index (χ2n) is 5.30. The van der Waals surface area contributed by atoms with Crippen molar-refractivity contribution in [3.63, 3.8) is 0 Å². The normalized spacial score (nSPS) is 15.5. The van der Waals surface area contributed by atoms with Gasteiger partial charge in [0, 0.05) is 43.3 Å². The van der Waals surface area contributed by atoms with Gasteiger partial charge in [0.05, 0.1) is 0 Å². The van der Waals surface area contributed by atoms with E-state index >= 15 is 0 Å². The second-order valence-corrected chi connectivity index (χ2v) is 5.74. The van der Waals surface area contributed by atoms with Gasteiger partial charge in [-0.2, -0.15) is 0 Å². The number of rotatable bonds is 5. The monoisotopic (exact) mass is 294 g/mol. The standard InChI is InChI=1S/C16H23ClN2O/c1-2-3-4-5-16(20)19-12-10-18(11-13-19)15-8-6-14(17)7-9-15/h6-9H,2-5,10-13H2,1H3. The lowest BCUT2D eigenvalue weighted by Gasteiger charge is -2.36. The summed E-state index contributed by atoms with van der Waals surface area (Å²) >= 11 is 5.90. The Morgan fingerprint density at radius 3 is 2.35 bits per heavy atom. The van der Waals surface area contributed by atoms with Gasteiger partial charge in [-0.25, -0.2) is 0 Å². The first-order valence-electron chi connectivity index (χ1n) is 7.49. The molecule has 1 aromatic rings. The summed E-state index contributed by atoms with van der Waals surface area (Å²) in [5, 5.41) is 0.762. The number of nitrogens with zero attached hydrogens (tertiary/aromatic N) is 2. The third kappa shape index (κ3) is 4.14. The number of carbonyl (C=O) groups is 1. The number of piperazine rings is 1. The van der Waals surface area contributed by atoms with Gasteiger partial charge < -0.3 is 9.80 Å². The van der Waals surface area contributed by atoms with E-state index in [1.807, 2.05) is 29.2 Å². The molecule has 0 atom stereocenters. The van der Waals surface area contributed by atoms with E-state index in [1.54, 1.807) is 0 Å². The SMILES string of the molecule is CCCCCC(=O)N1CCN(c2ccc(Cl)cc2)CC1. The molecule has 0 saturated carbocycles. The molecule has 110 valence electrons. The van der Waals surface area contributed by atoms with E-state index in [0.717, 1.165) is 50.5 Å². The van der Waals surface area contributed by atoms with E-state index in [1.165, 1.54) is 5.69 Å². The molecular weight excluding hydrogens is 272 g/mol. The number of carbonyl (C=O) groups excluding carboxylic acids is 1. The summed E-state index contributed by atoms with van der Waals surface area (Å²) in [5.74, 6) is 0.314. The molecular formula is C16H23ClN2O. The second kappa shape index (κ2) is 7.53. The van der Waals surface area contributed by atoms with Crippen LogP contribution in [0.4, 0.5) is 5.69 Å². The summed E-state index contributed by atoms with van der Waals surface area (Å²) < 4.78 is 0. The van der Waals surface area contributed by atoms with Crippen molar-refractivity contribution < 1.29 is 4.79 Å². The fourth-order valence-corrected chi connectivity index (χ4v) is 2.68. The smallest absolute Gasteiger partial charge is 0.222 e. The zero-order valence-electron chi connectivity index (χ0n) is 12.1. The molecule has 4 heteroatoms. The predicted octanol–water partition coefficient (Wildman–Crippen LogP) is 3.57. The van der Waals surface area contributed by atoms with Crippen LogP contribution < -0.4 is 4.90 Å². The number of hydrogen-bond acceptors (Lipinski definition) is 2. The first-order valence-corrected chi connectivity index (χ1v) is 7.87. The molecule has 1 heterocycles. The Labute approximate surface area is 126 Å². The van der Waals surface area contributed by atoms with Crippen LogP contribution in [0.2, 0.25) is 5.02 Å². The molecule has 1 aliphatic heterocycles. The average Bonchev–Trinajstić information content (AvgIpc) is 2.48. The van der Waals surface area contributed by atoms with Crippen molar-refractivity contribution in [2.45, 2.75) is 32.6 Å². The summed E-state index contributed by atoms with van der Waals surface area (Å²) in [7, 11) is 0. The van der Waals surface area contributed by atoms with Crippen molar-refractivity contribution in [2.24, 2.45) is 0 Å². The molecule has 0 aliphatic carbocycles. The van der Waals surface area contributed by atoms with Gasteiger partial charge in [-0.1, -0.05) is 31.4 Å². The molecule has 0 spiro atoms. The Hall–Kier alpha value is -1.22. The van der Waals surface area contributed by atoms with E-state index < -0.39 is 0 Å². The van der Waals surface area contributed by atoms with Gasteiger partial charge in [0.15, 0.2) is 0 Å². The number of anilines is 1. The Morgan fingerprint density at radius 2 is 1.75 bits per heavy atom. The number of benzene rings is 1. The van der Waals surface area contributed by atoms with Crippen LogP contribution in [0.3, 0.4) is 0 Å². The molecule has 0 aromatic heterocycles. The van der Waals surface area contributed by atoms with Gasteiger partial charge in [-0.15, -0.1) is 0 Å². The molecule has 20 heavy (non-hydrogen) atoms. The zero-order chi connectivity index (χ0) is 14.4. The maximum absolute atomic E-state index is 12.1. The molecule has 1 aromatic carbocycles. The van der Waals surface area contributed by atoms with Crippen molar-refractivity contribution in [1.82, 2.24) is 4.90 Å². The average molecular weight is 295 g/mol. The van der Waals surface area contributed by atoms with Gasteiger partial charge >= 0.3 is 0 Å². The largest absolute Gasteiger partial charge is 0.368 e. The van der Waals surface area contributed by atoms with Gasteiger partial charge in [0.25, 0.3) is 0 Å². The third-order valence-corrected chi connectivity index (χ3v) is 4.07. The van der Waals surface area contributed by atoms with Crippen molar-refractivity contribution in [3.05, 3.63) is 29.3 Å². The Kier molecular flexibility index (Phi) is 5.72. The summed E-state index contributed by atoms with van der Waals surface area (Å²) in [4.78, 5) is 16.4. The van der Waals surface area contributed by atoms with E-state index in [2.05, 4.69) is 11.8 Å². The van der Waals surface area contributed by atoms with E-state index in [4.69, 9.17) is 11.6 Å². The maximum atomic E-state index is 12.1. The highest BCUT2D eigenvalue weighted by atomic mass is 35.5. The van der Waals surface area contributed by atoms with E-state index in [0.29, 0.717) is 12.3 Å². The van der Waals surface area contributed by atoms with Crippen LogP contribution in [0.5, 0.6) is 0 Å². The minimum Gasteiger partial charge on any atom is -0.368 e. The van der Waals surface area contributed by atoms with Gasteiger partial charge in [-0.05, 0) is 30.7 Å². The lowest BCUT2D eigenvalue weighted by atomic mass is 10.1. The Bertz CT molecular complexity index is 425. The highest BCUT2D eigenvalue weighted by Gasteiger charge is 2.20. The topological polar surface area (TPSA) is 23.6 Å². The molecule has 0 bridgehead atoms. The summed E-state index contributed by atoms with van der Waals surface area (Å²) in [6.07, 6.45) is 4.04. The van der Waals surface area contributed by atoms with Crippen molar-refractivity contribution in [2.75, 3.05) is 31.1 Å². The van der Waals surface area contributed by atoms with E-state index in [-0.39, 0.29) is 0 Å². The fraction of sp³-hybridized carbons (Fsp3) is 0.562. The first kappa shape index (κ1) is 15.2. The maximum Gasteiger partial charge on any atom is 0.222 e. The Balaban J connectivity index is 1.80. The molecule has 0 radical (unpaired) electrons. The minimum atomic E-state index is 0.314. The highest BCUT2D eigenvalue weighted by molar-refractivity contribution is 6.30. The van der Waals surface area contributed by atoms with Gasteiger partial charge in [0.1, 0.15) is 0 Å². The zero-order valence-corrected chi connectivity index (χ0v) is 12.9. The highest BCUT2D eigenvalue weighted by Crippen LogP contribution is 2.19. The lowest BCUT2D eigenvalue weighted by Crippen LogP contribution is -2.48. The van der Waals surface area contributed by atoms with Crippen molar-refractivity contribution in [1.29, 1.82) is 0 Å². The summed E-state index contributed by atoms with van der Waals surface area (Å²) in [6.45, 7) is 5.62. The van der Waals surface area contributed by atoms with Crippen LogP contribution in [0, 0.1) is 0 Å². The number of amides is 1. The molecule has 0 unspecified atom stereocenters. The fourth-order valence-electron chi connectivity index (χ4n) is 2.55. The van der Waals surface area contributed by atoms with Crippen LogP contribution in [-0.4, -0.2) is 37.0 Å². The molecule has 1 amide bonds. The van der Waals surface area contributed by atoms with Gasteiger partial charge in [-0.3, -0.25) is 4.79 Å². The van der Waals surface area contributed by atoms with Gasteiger partial charge in [0.2, 0.25) is 5.91 Å². The van der Waals surface area contributed by atoms with Crippen LogP contribution in [-0.2, 0) is 4.79 Å². The van der Waals surface area contributed by atoms with Crippen molar-refractivity contribution in [3.8, 4) is 0 Å². The van der Waals surface area contributed by atoms with Crippen molar-refractivity contribution >= 4 is 23.2 Å². The Morgan fingerprint density at radius 1 is 1.10 bits per heavy atom. The summed E-state index contributed by atoms with van der Waals surface area (Å²) in [5.41, 5.74) is 1.19. The molecule has 0 N–H and O–H groups in total.